The van der Waals surface area contributed by atoms with Crippen LogP contribution in [0.5, 0.6) is 0 Å². The number of imidazole rings is 2. The standard InChI is InChI=1S/C48H51N7O5/c1-5-28(2)22-41(56)54-21-9-12-39(54)45-49-37-19-15-33-24-31(13-17-35(33)43(37)51-45)32-14-18-36-34(25-32)16-20-38-44(36)52-46(50-38)40-23-29(27-59-3)26-55(40)47(57)42(53-48(58)60-4)30-10-7-6-8-11-30/h6-8,10-11,13-20,24-25,28-29,39-40,42H,5,9,12,21-23,26-27H2,1-4H3,(H,49,51)(H,50,52)(H,53,58)/t28-,29-,39-,40-,42+/m0/s1. The lowest BCUT2D eigenvalue weighted by molar-refractivity contribution is -0.135. The van der Waals surface area contributed by atoms with E-state index in [0.717, 1.165) is 86.4 Å². The molecule has 3 amide bonds. The van der Waals surface area contributed by atoms with Gasteiger partial charge in [-0.25, -0.2) is 14.8 Å². The van der Waals surface area contributed by atoms with E-state index in [4.69, 9.17) is 19.4 Å². The largest absolute Gasteiger partial charge is 0.453 e. The number of carbonyl (C=O) groups excluding carboxylic acids is 3. The van der Waals surface area contributed by atoms with Gasteiger partial charge in [-0.2, -0.15) is 0 Å². The predicted octanol–water partition coefficient (Wildman–Crippen LogP) is 9.15. The fourth-order valence-corrected chi connectivity index (χ4v) is 9.28. The summed E-state index contributed by atoms with van der Waals surface area (Å²) in [5.41, 5.74) is 6.47. The molecule has 2 saturated heterocycles. The number of alkyl carbamates (subject to hydrolysis) is 1. The Hall–Kier alpha value is -6.27. The molecular weight excluding hydrogens is 755 g/mol. The summed E-state index contributed by atoms with van der Waals surface area (Å²) in [7, 11) is 2.96. The number of hydrogen-bond donors (Lipinski definition) is 3. The minimum atomic E-state index is -0.928. The van der Waals surface area contributed by atoms with Gasteiger partial charge in [-0.05, 0) is 76.9 Å². The molecule has 4 heterocycles. The van der Waals surface area contributed by atoms with E-state index in [1.165, 1.54) is 7.11 Å². The Labute approximate surface area is 348 Å². The molecule has 9 rings (SSSR count). The molecule has 0 radical (unpaired) electrons. The summed E-state index contributed by atoms with van der Waals surface area (Å²) in [4.78, 5) is 61.2. The number of hydrogen-bond acceptors (Lipinski definition) is 7. The number of ether oxygens (including phenoxy) is 2. The molecule has 5 atom stereocenters. The number of nitrogens with one attached hydrogen (secondary N) is 3. The molecule has 0 saturated carbocycles. The first-order valence-electron chi connectivity index (χ1n) is 21.1. The normalized spacial score (nSPS) is 19.1. The molecule has 12 heteroatoms. The number of nitrogens with zero attached hydrogens (tertiary/aromatic N) is 4. The third-order valence-electron chi connectivity index (χ3n) is 12.6. The highest BCUT2D eigenvalue weighted by Gasteiger charge is 2.41. The first kappa shape index (κ1) is 39.2. The number of H-pyrrole nitrogens is 2. The highest BCUT2D eigenvalue weighted by atomic mass is 16.5. The van der Waals surface area contributed by atoms with Crippen LogP contribution in [0.1, 0.15) is 81.3 Å². The first-order chi connectivity index (χ1) is 29.2. The van der Waals surface area contributed by atoms with Gasteiger partial charge >= 0.3 is 6.09 Å². The zero-order valence-electron chi connectivity index (χ0n) is 34.5. The monoisotopic (exact) mass is 805 g/mol. The van der Waals surface area contributed by atoms with Crippen molar-refractivity contribution in [2.24, 2.45) is 11.8 Å². The van der Waals surface area contributed by atoms with Crippen LogP contribution >= 0.6 is 0 Å². The van der Waals surface area contributed by atoms with Crippen molar-refractivity contribution in [3.05, 3.63) is 108 Å². The molecule has 2 fully saturated rings. The summed E-state index contributed by atoms with van der Waals surface area (Å²) in [6, 6.07) is 29.3. The van der Waals surface area contributed by atoms with E-state index >= 15 is 0 Å². The number of aromatic nitrogens is 4. The summed E-state index contributed by atoms with van der Waals surface area (Å²) < 4.78 is 10.4. The van der Waals surface area contributed by atoms with Crippen LogP contribution in [-0.2, 0) is 19.1 Å². The zero-order chi connectivity index (χ0) is 41.5. The molecule has 3 N–H and O–H groups in total. The average Bonchev–Trinajstić information content (AvgIpc) is 4.10. The van der Waals surface area contributed by atoms with Crippen molar-refractivity contribution in [3.63, 3.8) is 0 Å². The number of fused-ring (bicyclic) bond motifs is 6. The van der Waals surface area contributed by atoms with Gasteiger partial charge in [0.15, 0.2) is 0 Å². The fourth-order valence-electron chi connectivity index (χ4n) is 9.28. The third kappa shape index (κ3) is 7.33. The van der Waals surface area contributed by atoms with E-state index in [1.807, 2.05) is 46.2 Å². The van der Waals surface area contributed by atoms with Crippen LogP contribution in [-0.4, -0.2) is 81.6 Å². The second-order valence-electron chi connectivity index (χ2n) is 16.5. The second kappa shape index (κ2) is 16.4. The van der Waals surface area contributed by atoms with Gasteiger partial charge in [-0.1, -0.05) is 87.0 Å². The predicted molar refractivity (Wildman–Crippen MR) is 233 cm³/mol. The van der Waals surface area contributed by atoms with Gasteiger partial charge in [0.1, 0.15) is 17.7 Å². The smallest absolute Gasteiger partial charge is 0.407 e. The maximum Gasteiger partial charge on any atom is 0.407 e. The van der Waals surface area contributed by atoms with E-state index in [9.17, 15) is 14.4 Å². The molecule has 5 aromatic carbocycles. The van der Waals surface area contributed by atoms with Crippen molar-refractivity contribution >= 4 is 61.5 Å². The Morgan fingerprint density at radius 1 is 0.817 bits per heavy atom. The molecular formula is C48H51N7O5. The molecule has 2 aliphatic heterocycles. The van der Waals surface area contributed by atoms with E-state index in [1.54, 1.807) is 7.11 Å². The summed E-state index contributed by atoms with van der Waals surface area (Å²) in [6.45, 7) is 6.01. The lowest BCUT2D eigenvalue weighted by Crippen LogP contribution is -2.43. The van der Waals surface area contributed by atoms with E-state index < -0.39 is 12.1 Å². The Morgan fingerprint density at radius 3 is 2.05 bits per heavy atom. The number of benzene rings is 5. The maximum absolute atomic E-state index is 14.4. The van der Waals surface area contributed by atoms with Crippen molar-refractivity contribution in [1.82, 2.24) is 35.1 Å². The van der Waals surface area contributed by atoms with Crippen LogP contribution in [0.25, 0.3) is 54.7 Å². The van der Waals surface area contributed by atoms with Crippen molar-refractivity contribution in [3.8, 4) is 11.1 Å². The second-order valence-corrected chi connectivity index (χ2v) is 16.5. The Balaban J connectivity index is 0.998. The van der Waals surface area contributed by atoms with Crippen LogP contribution in [0.4, 0.5) is 4.79 Å². The molecule has 2 aromatic heterocycles. The summed E-state index contributed by atoms with van der Waals surface area (Å²) in [5.74, 6) is 2.00. The van der Waals surface area contributed by atoms with Crippen LogP contribution in [0.3, 0.4) is 0 Å². The van der Waals surface area contributed by atoms with Crippen molar-refractivity contribution in [2.45, 2.75) is 64.1 Å². The highest BCUT2D eigenvalue weighted by Crippen LogP contribution is 2.39. The summed E-state index contributed by atoms with van der Waals surface area (Å²) in [6.07, 6.45) is 3.45. The zero-order valence-corrected chi connectivity index (χ0v) is 34.5. The molecule has 0 spiro atoms. The molecule has 12 nitrogen and oxygen atoms in total. The third-order valence-corrected chi connectivity index (χ3v) is 12.6. The Bertz CT molecular complexity index is 2730. The van der Waals surface area contributed by atoms with Crippen molar-refractivity contribution in [2.75, 3.05) is 33.9 Å². The number of amides is 3. The molecule has 60 heavy (non-hydrogen) atoms. The van der Waals surface area contributed by atoms with Gasteiger partial charge in [0.2, 0.25) is 5.91 Å². The summed E-state index contributed by atoms with van der Waals surface area (Å²) >= 11 is 0. The number of aromatic amines is 2. The van der Waals surface area contributed by atoms with Crippen LogP contribution in [0.15, 0.2) is 91.0 Å². The van der Waals surface area contributed by atoms with E-state index in [-0.39, 0.29) is 29.8 Å². The average molecular weight is 806 g/mol. The van der Waals surface area contributed by atoms with Gasteiger partial charge < -0.3 is 34.6 Å². The van der Waals surface area contributed by atoms with Gasteiger partial charge in [0.05, 0.1) is 47.9 Å². The topological polar surface area (TPSA) is 146 Å². The Morgan fingerprint density at radius 2 is 1.45 bits per heavy atom. The van der Waals surface area contributed by atoms with Gasteiger partial charge in [0.25, 0.3) is 5.91 Å². The Kier molecular flexibility index (Phi) is 10.7. The van der Waals surface area contributed by atoms with Crippen molar-refractivity contribution in [1.29, 1.82) is 0 Å². The van der Waals surface area contributed by atoms with Gasteiger partial charge in [-0.3, -0.25) is 9.59 Å². The quantitative estimate of drug-likeness (QED) is 0.118. The molecule has 7 aromatic rings. The van der Waals surface area contributed by atoms with Crippen LogP contribution < -0.4 is 5.32 Å². The lowest BCUT2D eigenvalue weighted by atomic mass is 9.98. The highest BCUT2D eigenvalue weighted by molar-refractivity contribution is 6.07. The van der Waals surface area contributed by atoms with Crippen LogP contribution in [0, 0.1) is 11.8 Å². The number of rotatable bonds is 11. The summed E-state index contributed by atoms with van der Waals surface area (Å²) in [5, 5.41) is 6.99. The fraction of sp³-hybridized carbons (Fsp3) is 0.354. The van der Waals surface area contributed by atoms with Crippen molar-refractivity contribution < 1.29 is 23.9 Å². The molecule has 308 valence electrons. The minimum absolute atomic E-state index is 0.0209. The molecule has 0 unspecified atom stereocenters. The van der Waals surface area contributed by atoms with Crippen LogP contribution in [0.2, 0.25) is 0 Å². The molecule has 2 aliphatic rings. The van der Waals surface area contributed by atoms with E-state index in [2.05, 4.69) is 83.7 Å². The number of methoxy groups -OCH3 is 2. The number of carbonyl (C=O) groups is 3. The van der Waals surface area contributed by atoms with E-state index in [0.29, 0.717) is 43.3 Å². The maximum atomic E-state index is 14.4. The SMILES string of the molecule is CC[C@H](C)CC(=O)N1CCC[C@H]1c1nc2c(ccc3cc(-c4ccc5c(ccc6[nH]c([C@@H]7C[C@H](COC)CN7C(=O)[C@H](NC(=O)OC)c7ccccc7)nc65)c4)ccc32)[nH]1. The molecule has 0 aliphatic carbocycles. The van der Waals surface area contributed by atoms with Gasteiger partial charge in [-0.15, -0.1) is 0 Å². The van der Waals surface area contributed by atoms with Gasteiger partial charge in [0, 0.05) is 43.3 Å². The lowest BCUT2D eigenvalue weighted by Gasteiger charge is -2.28. The first-order valence-corrected chi connectivity index (χ1v) is 21.1. The minimum Gasteiger partial charge on any atom is -0.453 e. The molecule has 0 bridgehead atoms. The number of likely N-dealkylation sites (tertiary alicyclic amines) is 2.